The summed E-state index contributed by atoms with van der Waals surface area (Å²) in [6.45, 7) is 11.3. The van der Waals surface area contributed by atoms with E-state index in [0.29, 0.717) is 30.7 Å². The van der Waals surface area contributed by atoms with Gasteiger partial charge in [-0.25, -0.2) is 0 Å². The molecule has 0 aliphatic rings. The van der Waals surface area contributed by atoms with Crippen molar-refractivity contribution in [2.45, 2.75) is 59.9 Å². The Hall–Kier alpha value is -0.280. The van der Waals surface area contributed by atoms with Gasteiger partial charge >= 0.3 is 0 Å². The molecule has 0 spiro atoms. The largest absolute Gasteiger partial charge is 0.352 e. The predicted molar refractivity (Wildman–Crippen MR) is 80.9 cm³/mol. The maximum absolute atomic E-state index is 11.9. The molecule has 3 nitrogen and oxygen atoms in total. The Bertz CT molecular complexity index is 220. The smallest absolute Gasteiger partial charge is 0.220 e. The monoisotopic (exact) mass is 278 g/mol. The van der Waals surface area contributed by atoms with E-state index in [-0.39, 0.29) is 24.4 Å². The second-order valence-electron chi connectivity index (χ2n) is 5.75. The third-order valence-corrected chi connectivity index (χ3v) is 3.32. The van der Waals surface area contributed by atoms with Crippen molar-refractivity contribution in [2.24, 2.45) is 23.5 Å². The lowest BCUT2D eigenvalue weighted by Gasteiger charge is -2.22. The summed E-state index contributed by atoms with van der Waals surface area (Å²) in [4.78, 5) is 11.9. The van der Waals surface area contributed by atoms with Crippen LogP contribution in [0.5, 0.6) is 0 Å². The van der Waals surface area contributed by atoms with E-state index in [1.807, 2.05) is 0 Å². The third-order valence-electron chi connectivity index (χ3n) is 3.32. The highest BCUT2D eigenvalue weighted by molar-refractivity contribution is 5.85. The van der Waals surface area contributed by atoms with Gasteiger partial charge in [0.1, 0.15) is 0 Å². The maximum Gasteiger partial charge on any atom is 0.220 e. The molecule has 2 unspecified atom stereocenters. The number of hydrogen-bond donors (Lipinski definition) is 2. The van der Waals surface area contributed by atoms with E-state index in [9.17, 15) is 4.79 Å². The van der Waals surface area contributed by atoms with Crippen LogP contribution in [0.3, 0.4) is 0 Å². The van der Waals surface area contributed by atoms with Crippen LogP contribution in [0.2, 0.25) is 0 Å². The summed E-state index contributed by atoms with van der Waals surface area (Å²) < 4.78 is 0. The van der Waals surface area contributed by atoms with Crippen molar-refractivity contribution < 1.29 is 4.79 Å². The zero-order valence-electron chi connectivity index (χ0n) is 12.5. The van der Waals surface area contributed by atoms with Gasteiger partial charge < -0.3 is 11.1 Å². The number of carbonyl (C=O) groups excluding carboxylic acids is 1. The van der Waals surface area contributed by atoms with Crippen molar-refractivity contribution in [3.63, 3.8) is 0 Å². The van der Waals surface area contributed by atoms with Crippen LogP contribution in [-0.2, 0) is 4.79 Å². The van der Waals surface area contributed by atoms with E-state index in [2.05, 4.69) is 39.9 Å². The van der Waals surface area contributed by atoms with Crippen LogP contribution in [-0.4, -0.2) is 18.5 Å². The van der Waals surface area contributed by atoms with Gasteiger partial charge in [-0.2, -0.15) is 0 Å². The molecular formula is C14H31ClN2O. The van der Waals surface area contributed by atoms with E-state index >= 15 is 0 Å². The first-order valence-corrected chi connectivity index (χ1v) is 6.90. The van der Waals surface area contributed by atoms with E-state index < -0.39 is 0 Å². The molecule has 110 valence electrons. The minimum absolute atomic E-state index is 0. The summed E-state index contributed by atoms with van der Waals surface area (Å²) in [5.41, 5.74) is 5.68. The van der Waals surface area contributed by atoms with Gasteiger partial charge in [-0.3, -0.25) is 4.79 Å². The van der Waals surface area contributed by atoms with Gasteiger partial charge in [-0.05, 0) is 24.2 Å². The molecule has 2 atom stereocenters. The molecule has 18 heavy (non-hydrogen) atoms. The Labute approximate surface area is 119 Å². The number of amides is 1. The molecule has 0 radical (unpaired) electrons. The number of nitrogens with two attached hydrogens (primary N) is 1. The molecule has 4 heteroatoms. The highest BCUT2D eigenvalue weighted by atomic mass is 35.5. The lowest BCUT2D eigenvalue weighted by Crippen LogP contribution is -2.41. The molecule has 0 rings (SSSR count). The number of nitrogens with one attached hydrogen (secondary N) is 1. The van der Waals surface area contributed by atoms with Crippen LogP contribution in [0.1, 0.15) is 53.9 Å². The van der Waals surface area contributed by atoms with E-state index in [1.165, 1.54) is 0 Å². The van der Waals surface area contributed by atoms with Gasteiger partial charge in [0.15, 0.2) is 0 Å². The predicted octanol–water partition coefficient (Wildman–Crippen LogP) is 2.97. The first-order chi connectivity index (χ1) is 7.90. The molecule has 0 aromatic carbocycles. The average molecular weight is 279 g/mol. The van der Waals surface area contributed by atoms with Gasteiger partial charge in [-0.1, -0.05) is 41.0 Å². The van der Waals surface area contributed by atoms with Crippen LogP contribution < -0.4 is 11.1 Å². The Balaban J connectivity index is 0. The van der Waals surface area contributed by atoms with Crippen LogP contribution >= 0.6 is 12.4 Å². The quantitative estimate of drug-likeness (QED) is 0.717. The van der Waals surface area contributed by atoms with Gasteiger partial charge in [0, 0.05) is 19.0 Å². The van der Waals surface area contributed by atoms with Crippen molar-refractivity contribution >= 4 is 18.3 Å². The van der Waals surface area contributed by atoms with Crippen molar-refractivity contribution in [1.82, 2.24) is 5.32 Å². The topological polar surface area (TPSA) is 55.1 Å². The van der Waals surface area contributed by atoms with Crippen LogP contribution in [0.4, 0.5) is 0 Å². The molecule has 0 saturated heterocycles. The number of hydrogen-bond acceptors (Lipinski definition) is 2. The molecule has 0 aromatic heterocycles. The molecule has 0 bridgehead atoms. The Morgan fingerprint density at radius 2 is 1.78 bits per heavy atom. The fraction of sp³-hybridized carbons (Fsp3) is 0.929. The highest BCUT2D eigenvalue weighted by Crippen LogP contribution is 2.18. The lowest BCUT2D eigenvalue weighted by molar-refractivity contribution is -0.123. The zero-order chi connectivity index (χ0) is 13.4. The zero-order valence-corrected chi connectivity index (χ0v) is 13.3. The van der Waals surface area contributed by atoms with E-state index in [4.69, 9.17) is 5.73 Å². The SMILES string of the molecule is CCC(CC(=O)NC(CN)CC(C)C)C(C)C.Cl. The van der Waals surface area contributed by atoms with Crippen LogP contribution in [0.15, 0.2) is 0 Å². The molecule has 0 saturated carbocycles. The number of halogens is 1. The minimum atomic E-state index is 0. The Morgan fingerprint density at radius 3 is 2.11 bits per heavy atom. The summed E-state index contributed by atoms with van der Waals surface area (Å²) in [6.07, 6.45) is 2.64. The minimum Gasteiger partial charge on any atom is -0.352 e. The van der Waals surface area contributed by atoms with Gasteiger partial charge in [0.2, 0.25) is 5.91 Å². The summed E-state index contributed by atoms with van der Waals surface area (Å²) in [6, 6.07) is 0.132. The summed E-state index contributed by atoms with van der Waals surface area (Å²) >= 11 is 0. The first kappa shape index (κ1) is 20.0. The second-order valence-corrected chi connectivity index (χ2v) is 5.75. The fourth-order valence-electron chi connectivity index (χ4n) is 2.16. The van der Waals surface area contributed by atoms with Crippen molar-refractivity contribution in [3.8, 4) is 0 Å². The summed E-state index contributed by atoms with van der Waals surface area (Å²) in [7, 11) is 0. The molecule has 0 aliphatic carbocycles. The average Bonchev–Trinajstić information content (AvgIpc) is 2.23. The molecule has 0 fully saturated rings. The normalized spacial score (nSPS) is 14.2. The molecule has 0 aromatic rings. The van der Waals surface area contributed by atoms with Crippen LogP contribution in [0.25, 0.3) is 0 Å². The van der Waals surface area contributed by atoms with Gasteiger partial charge in [-0.15, -0.1) is 12.4 Å². The Kier molecular flexibility index (Phi) is 11.8. The summed E-state index contributed by atoms with van der Waals surface area (Å²) in [5, 5.41) is 3.05. The maximum atomic E-state index is 11.9. The van der Waals surface area contributed by atoms with E-state index in [1.54, 1.807) is 0 Å². The molecule has 1 amide bonds. The third kappa shape index (κ3) is 8.76. The second kappa shape index (κ2) is 10.6. The van der Waals surface area contributed by atoms with Crippen molar-refractivity contribution in [3.05, 3.63) is 0 Å². The summed E-state index contributed by atoms with van der Waals surface area (Å²) in [5.74, 6) is 1.76. The van der Waals surface area contributed by atoms with Crippen LogP contribution in [0, 0.1) is 17.8 Å². The molecule has 0 aliphatic heterocycles. The molecule has 0 heterocycles. The molecule has 3 N–H and O–H groups in total. The highest BCUT2D eigenvalue weighted by Gasteiger charge is 2.18. The molecular weight excluding hydrogens is 248 g/mol. The van der Waals surface area contributed by atoms with Gasteiger partial charge in [0.25, 0.3) is 0 Å². The standard InChI is InChI=1S/C14H30N2O.ClH/c1-6-12(11(4)5)8-14(17)16-13(9-15)7-10(2)3;/h10-13H,6-9,15H2,1-5H3,(H,16,17);1H. The van der Waals surface area contributed by atoms with E-state index in [0.717, 1.165) is 12.8 Å². The van der Waals surface area contributed by atoms with Crippen molar-refractivity contribution in [2.75, 3.05) is 6.54 Å². The number of rotatable bonds is 8. The lowest BCUT2D eigenvalue weighted by atomic mass is 9.89. The Morgan fingerprint density at radius 1 is 1.22 bits per heavy atom. The first-order valence-electron chi connectivity index (χ1n) is 6.90. The number of carbonyl (C=O) groups is 1. The fourth-order valence-corrected chi connectivity index (χ4v) is 2.16. The van der Waals surface area contributed by atoms with Crippen molar-refractivity contribution in [1.29, 1.82) is 0 Å². The van der Waals surface area contributed by atoms with Gasteiger partial charge in [0.05, 0.1) is 0 Å².